The van der Waals surface area contributed by atoms with Crippen molar-refractivity contribution in [3.63, 3.8) is 0 Å². The van der Waals surface area contributed by atoms with Crippen molar-refractivity contribution in [2.24, 2.45) is 0 Å². The molecule has 0 saturated heterocycles. The van der Waals surface area contributed by atoms with E-state index < -0.39 is 12.0 Å². The molecular formula is C15H16Br2N2O4. The molecule has 124 valence electrons. The molecule has 1 aromatic carbocycles. The number of halogens is 2. The van der Waals surface area contributed by atoms with Crippen LogP contribution in [0.25, 0.3) is 10.9 Å². The maximum absolute atomic E-state index is 11.9. The second-order valence-corrected chi connectivity index (χ2v) is 6.58. The first-order valence-electron chi connectivity index (χ1n) is 6.75. The van der Waals surface area contributed by atoms with E-state index in [-0.39, 0.29) is 12.3 Å². The topological polar surface area (TPSA) is 80.4 Å². The van der Waals surface area contributed by atoms with E-state index in [2.05, 4.69) is 42.2 Å². The molecule has 6 nitrogen and oxygen atoms in total. The predicted octanol–water partition coefficient (Wildman–Crippen LogP) is 2.92. The summed E-state index contributed by atoms with van der Waals surface area (Å²) in [7, 11) is 2.88. The van der Waals surface area contributed by atoms with E-state index in [1.807, 2.05) is 12.1 Å². The first kappa shape index (κ1) is 17.8. The molecule has 2 aromatic rings. The zero-order valence-electron chi connectivity index (χ0n) is 12.8. The Hall–Kier alpha value is -1.54. The Morgan fingerprint density at radius 3 is 2.57 bits per heavy atom. The third-order valence-corrected chi connectivity index (χ3v) is 4.69. The normalized spacial score (nSPS) is 12.0. The molecule has 2 rings (SSSR count). The number of aromatic amines is 1. The Bertz CT molecular complexity index is 758. The number of ether oxygens (including phenoxy) is 2. The molecule has 0 bridgehead atoms. The molecular weight excluding hydrogens is 432 g/mol. The molecule has 0 aliphatic heterocycles. The summed E-state index contributed by atoms with van der Waals surface area (Å²) < 4.78 is 11.6. The fourth-order valence-electron chi connectivity index (χ4n) is 2.36. The molecule has 0 unspecified atom stereocenters. The van der Waals surface area contributed by atoms with Crippen LogP contribution in [-0.4, -0.2) is 37.1 Å². The van der Waals surface area contributed by atoms with E-state index in [4.69, 9.17) is 9.47 Å². The van der Waals surface area contributed by atoms with Crippen LogP contribution in [0, 0.1) is 0 Å². The number of hydrogen-bond acceptors (Lipinski definition) is 4. The number of aromatic nitrogens is 1. The van der Waals surface area contributed by atoms with E-state index in [1.165, 1.54) is 14.0 Å². The van der Waals surface area contributed by atoms with Gasteiger partial charge in [0.2, 0.25) is 5.91 Å². The van der Waals surface area contributed by atoms with Gasteiger partial charge in [-0.25, -0.2) is 4.79 Å². The molecule has 0 fully saturated rings. The molecule has 8 heteroatoms. The Morgan fingerprint density at radius 1 is 1.30 bits per heavy atom. The van der Waals surface area contributed by atoms with Crippen LogP contribution in [0.4, 0.5) is 0 Å². The minimum absolute atomic E-state index is 0.289. The lowest BCUT2D eigenvalue weighted by molar-refractivity contribution is -0.144. The van der Waals surface area contributed by atoms with Crippen molar-refractivity contribution in [2.75, 3.05) is 14.2 Å². The molecule has 0 radical (unpaired) electrons. The fourth-order valence-corrected chi connectivity index (χ4v) is 3.45. The lowest BCUT2D eigenvalue weighted by atomic mass is 10.0. The number of amides is 1. The number of nitrogens with one attached hydrogen (secondary N) is 2. The Kier molecular flexibility index (Phi) is 5.69. The SMILES string of the molecule is COC(=O)[C@@H](Cc1c(Br)[nH]c2cc(Br)c(OC)cc12)NC(C)=O. The van der Waals surface area contributed by atoms with Gasteiger partial charge in [0.05, 0.1) is 23.3 Å². The average Bonchev–Trinajstić information content (AvgIpc) is 2.79. The van der Waals surface area contributed by atoms with E-state index in [0.29, 0.717) is 5.75 Å². The maximum atomic E-state index is 11.9. The fraction of sp³-hybridized carbons (Fsp3) is 0.333. The summed E-state index contributed by atoms with van der Waals surface area (Å²) in [5.74, 6) is -0.110. The summed E-state index contributed by atoms with van der Waals surface area (Å²) in [6.07, 6.45) is 0.289. The van der Waals surface area contributed by atoms with E-state index >= 15 is 0 Å². The lowest BCUT2D eigenvalue weighted by Gasteiger charge is -2.15. The van der Waals surface area contributed by atoms with Gasteiger partial charge in [-0.3, -0.25) is 4.79 Å². The summed E-state index contributed by atoms with van der Waals surface area (Å²) in [5.41, 5.74) is 1.74. The van der Waals surface area contributed by atoms with Gasteiger partial charge in [-0.05, 0) is 49.6 Å². The highest BCUT2D eigenvalue weighted by Gasteiger charge is 2.24. The van der Waals surface area contributed by atoms with Crippen molar-refractivity contribution < 1.29 is 19.1 Å². The first-order chi connectivity index (χ1) is 10.9. The molecule has 0 aliphatic rings. The van der Waals surface area contributed by atoms with Gasteiger partial charge in [0, 0.05) is 24.2 Å². The van der Waals surface area contributed by atoms with E-state index in [0.717, 1.165) is 25.5 Å². The van der Waals surface area contributed by atoms with Crippen LogP contribution in [0.5, 0.6) is 5.75 Å². The molecule has 1 aromatic heterocycles. The van der Waals surface area contributed by atoms with Gasteiger partial charge >= 0.3 is 5.97 Å². The quantitative estimate of drug-likeness (QED) is 0.690. The minimum Gasteiger partial charge on any atom is -0.496 e. The van der Waals surface area contributed by atoms with Crippen molar-refractivity contribution in [2.45, 2.75) is 19.4 Å². The maximum Gasteiger partial charge on any atom is 0.328 e. The smallest absolute Gasteiger partial charge is 0.328 e. The molecule has 1 atom stereocenters. The molecule has 23 heavy (non-hydrogen) atoms. The number of methoxy groups -OCH3 is 2. The molecule has 0 spiro atoms. The molecule has 1 amide bonds. The zero-order chi connectivity index (χ0) is 17.1. The molecule has 2 N–H and O–H groups in total. The Labute approximate surface area is 150 Å². The minimum atomic E-state index is -0.762. The number of carbonyl (C=O) groups excluding carboxylic acids is 2. The summed E-state index contributed by atoms with van der Waals surface area (Å²) in [6, 6.07) is 3.01. The standard InChI is InChI=1S/C15H16Br2N2O4/c1-7(20)18-12(15(21)23-3)4-9-8-5-13(22-2)10(16)6-11(8)19-14(9)17/h5-6,12,19H,4H2,1-3H3,(H,18,20)/t12-/m1/s1. The van der Waals surface area contributed by atoms with Crippen molar-refractivity contribution in [3.8, 4) is 5.75 Å². The van der Waals surface area contributed by atoms with Gasteiger partial charge in [0.1, 0.15) is 11.8 Å². The van der Waals surface area contributed by atoms with Crippen molar-refractivity contribution >= 4 is 54.6 Å². The second kappa shape index (κ2) is 7.35. The largest absolute Gasteiger partial charge is 0.496 e. The number of hydrogen-bond donors (Lipinski definition) is 2. The molecule has 0 saturated carbocycles. The summed E-state index contributed by atoms with van der Waals surface area (Å²) in [5, 5.41) is 3.51. The van der Waals surface area contributed by atoms with Gasteiger partial charge in [-0.15, -0.1) is 0 Å². The third-order valence-electron chi connectivity index (χ3n) is 3.40. The number of rotatable bonds is 5. The number of benzene rings is 1. The summed E-state index contributed by atoms with van der Waals surface area (Å²) >= 11 is 6.91. The van der Waals surface area contributed by atoms with E-state index in [9.17, 15) is 9.59 Å². The highest BCUT2D eigenvalue weighted by Crippen LogP contribution is 2.35. The van der Waals surface area contributed by atoms with Crippen molar-refractivity contribution in [1.82, 2.24) is 10.3 Å². The zero-order valence-corrected chi connectivity index (χ0v) is 16.0. The Morgan fingerprint density at radius 2 is 2.00 bits per heavy atom. The average molecular weight is 448 g/mol. The van der Waals surface area contributed by atoms with Crippen molar-refractivity contribution in [1.29, 1.82) is 0 Å². The van der Waals surface area contributed by atoms with Gasteiger partial charge in [-0.1, -0.05) is 0 Å². The lowest BCUT2D eigenvalue weighted by Crippen LogP contribution is -2.42. The van der Waals surface area contributed by atoms with Gasteiger partial charge in [0.15, 0.2) is 0 Å². The van der Waals surface area contributed by atoms with Crippen LogP contribution < -0.4 is 10.1 Å². The number of esters is 1. The third kappa shape index (κ3) is 3.87. The van der Waals surface area contributed by atoms with Crippen LogP contribution in [0.3, 0.4) is 0 Å². The van der Waals surface area contributed by atoms with Crippen LogP contribution in [0.15, 0.2) is 21.2 Å². The van der Waals surface area contributed by atoms with Crippen LogP contribution >= 0.6 is 31.9 Å². The van der Waals surface area contributed by atoms with Crippen molar-refractivity contribution in [3.05, 3.63) is 26.8 Å². The summed E-state index contributed by atoms with van der Waals surface area (Å²) in [4.78, 5) is 26.4. The summed E-state index contributed by atoms with van der Waals surface area (Å²) in [6.45, 7) is 1.36. The molecule has 1 heterocycles. The Balaban J connectivity index is 2.46. The number of H-pyrrole nitrogens is 1. The number of fused-ring (bicyclic) bond motifs is 1. The highest BCUT2D eigenvalue weighted by molar-refractivity contribution is 9.10. The highest BCUT2D eigenvalue weighted by atomic mass is 79.9. The predicted molar refractivity (Wildman–Crippen MR) is 93.6 cm³/mol. The van der Waals surface area contributed by atoms with Crippen LogP contribution in [0.1, 0.15) is 12.5 Å². The van der Waals surface area contributed by atoms with Gasteiger partial charge < -0.3 is 19.8 Å². The van der Waals surface area contributed by atoms with Crippen LogP contribution in [-0.2, 0) is 20.7 Å². The number of carbonyl (C=O) groups is 2. The monoisotopic (exact) mass is 446 g/mol. The van der Waals surface area contributed by atoms with Gasteiger partial charge in [0.25, 0.3) is 0 Å². The second-order valence-electron chi connectivity index (χ2n) is 4.93. The molecule has 0 aliphatic carbocycles. The van der Waals surface area contributed by atoms with Gasteiger partial charge in [-0.2, -0.15) is 0 Å². The van der Waals surface area contributed by atoms with Crippen LogP contribution in [0.2, 0.25) is 0 Å². The first-order valence-corrected chi connectivity index (χ1v) is 8.34. The van der Waals surface area contributed by atoms with E-state index in [1.54, 1.807) is 7.11 Å².